The average Bonchev–Trinajstić information content (AvgIpc) is 3.73. The topological polar surface area (TPSA) is 75.5 Å². The second kappa shape index (κ2) is 7.98. The average molecular weight is 514 g/mol. The molecule has 1 aliphatic rings. The predicted octanol–water partition coefficient (Wildman–Crippen LogP) is 5.36. The number of benzene rings is 4. The fourth-order valence-corrected chi connectivity index (χ4v) is 6.24. The van der Waals surface area contributed by atoms with Crippen molar-refractivity contribution in [2.75, 3.05) is 0 Å². The molecule has 5 heterocycles. The van der Waals surface area contributed by atoms with Gasteiger partial charge in [-0.05, 0) is 18.2 Å². The second-order valence-electron chi connectivity index (χ2n) is 10.4. The van der Waals surface area contributed by atoms with Crippen LogP contribution in [0, 0.1) is 0 Å². The SMILES string of the molecule is C1=c2[nH]c(c3ccccc23)=Cc2[nH]c(c3ccccc23)N=c2[nH]c(c3ccccc23)=Cc2[nH]c1c1ccccc21. The molecule has 8 bridgehead atoms. The van der Waals surface area contributed by atoms with Crippen LogP contribution in [0.1, 0.15) is 17.1 Å². The van der Waals surface area contributed by atoms with Crippen molar-refractivity contribution in [3.05, 3.63) is 136 Å². The van der Waals surface area contributed by atoms with Crippen molar-refractivity contribution >= 4 is 67.1 Å². The van der Waals surface area contributed by atoms with Gasteiger partial charge < -0.3 is 19.9 Å². The Bertz CT molecular complexity index is 2200. The molecule has 9 rings (SSSR count). The summed E-state index contributed by atoms with van der Waals surface area (Å²) in [5, 5.41) is 12.3. The lowest BCUT2D eigenvalue weighted by Crippen LogP contribution is -2.11. The summed E-state index contributed by atoms with van der Waals surface area (Å²) in [6, 6.07) is 34.0. The Labute approximate surface area is 227 Å². The zero-order valence-corrected chi connectivity index (χ0v) is 21.4. The van der Waals surface area contributed by atoms with Gasteiger partial charge in [0, 0.05) is 76.2 Å². The zero-order valence-electron chi connectivity index (χ0n) is 21.4. The van der Waals surface area contributed by atoms with Crippen LogP contribution in [0.25, 0.3) is 61.3 Å². The third kappa shape index (κ3) is 3.06. The molecule has 4 aromatic heterocycles. The summed E-state index contributed by atoms with van der Waals surface area (Å²) in [5.74, 6) is 0.836. The van der Waals surface area contributed by atoms with E-state index in [1.807, 2.05) is 0 Å². The maximum atomic E-state index is 5.17. The molecule has 0 radical (unpaired) electrons. The van der Waals surface area contributed by atoms with Crippen molar-refractivity contribution in [2.24, 2.45) is 4.99 Å². The van der Waals surface area contributed by atoms with Gasteiger partial charge in [-0.2, -0.15) is 0 Å². The summed E-state index contributed by atoms with van der Waals surface area (Å²) in [4.78, 5) is 19.9. The van der Waals surface area contributed by atoms with Crippen LogP contribution < -0.4 is 21.5 Å². The number of rotatable bonds is 0. The molecule has 0 amide bonds. The molecule has 0 spiro atoms. The van der Waals surface area contributed by atoms with Crippen LogP contribution in [-0.4, -0.2) is 19.9 Å². The van der Waals surface area contributed by atoms with Gasteiger partial charge in [0.25, 0.3) is 0 Å². The molecule has 5 heteroatoms. The Morgan fingerprint density at radius 2 is 0.750 bits per heavy atom. The van der Waals surface area contributed by atoms with Gasteiger partial charge in [0.15, 0.2) is 0 Å². The Kier molecular flexibility index (Phi) is 4.27. The van der Waals surface area contributed by atoms with Crippen LogP contribution in [0.3, 0.4) is 0 Å². The van der Waals surface area contributed by atoms with Gasteiger partial charge in [-0.1, -0.05) is 97.1 Å². The monoisotopic (exact) mass is 513 g/mol. The van der Waals surface area contributed by atoms with E-state index in [0.29, 0.717) is 0 Å². The molecule has 8 aromatic rings. The summed E-state index contributed by atoms with van der Waals surface area (Å²) >= 11 is 0. The van der Waals surface area contributed by atoms with E-state index >= 15 is 0 Å². The highest BCUT2D eigenvalue weighted by Gasteiger charge is 2.12. The highest BCUT2D eigenvalue weighted by atomic mass is 15.0. The minimum atomic E-state index is 0.836. The number of hydrogen-bond donors (Lipinski definition) is 4. The fourth-order valence-electron chi connectivity index (χ4n) is 6.24. The summed E-state index contributed by atoms with van der Waals surface area (Å²) in [6.45, 7) is 0. The molecule has 1 aliphatic heterocycles. The molecule has 0 unspecified atom stereocenters. The lowest BCUT2D eigenvalue weighted by molar-refractivity contribution is 1.16. The van der Waals surface area contributed by atoms with Crippen LogP contribution >= 0.6 is 0 Å². The molecule has 4 aromatic carbocycles. The first-order valence-corrected chi connectivity index (χ1v) is 13.5. The number of H-pyrrole nitrogens is 4. The first-order valence-electron chi connectivity index (χ1n) is 13.5. The van der Waals surface area contributed by atoms with Crippen molar-refractivity contribution < 1.29 is 0 Å². The normalized spacial score (nSPS) is 12.8. The van der Waals surface area contributed by atoms with Crippen LogP contribution in [0.2, 0.25) is 0 Å². The third-order valence-corrected chi connectivity index (χ3v) is 8.09. The number of aromatic amines is 4. The molecule has 0 atom stereocenters. The van der Waals surface area contributed by atoms with E-state index in [1.165, 1.54) is 21.5 Å². The lowest BCUT2D eigenvalue weighted by Gasteiger charge is -1.92. The van der Waals surface area contributed by atoms with Gasteiger partial charge in [0.1, 0.15) is 11.3 Å². The third-order valence-electron chi connectivity index (χ3n) is 8.09. The van der Waals surface area contributed by atoms with Crippen molar-refractivity contribution in [1.29, 1.82) is 0 Å². The van der Waals surface area contributed by atoms with Crippen LogP contribution in [0.5, 0.6) is 0 Å². The maximum Gasteiger partial charge on any atom is 0.140 e. The van der Waals surface area contributed by atoms with E-state index < -0.39 is 0 Å². The summed E-state index contributed by atoms with van der Waals surface area (Å²) < 4.78 is 0. The van der Waals surface area contributed by atoms with Gasteiger partial charge in [0.05, 0.1) is 0 Å². The summed E-state index contributed by atoms with van der Waals surface area (Å²) in [6.07, 6.45) is 6.64. The van der Waals surface area contributed by atoms with E-state index in [4.69, 9.17) is 4.99 Å². The zero-order chi connectivity index (χ0) is 26.2. The van der Waals surface area contributed by atoms with Crippen LogP contribution in [0.4, 0.5) is 5.82 Å². The molecule has 5 nitrogen and oxygen atoms in total. The molecule has 0 aliphatic carbocycles. The number of fused-ring (bicyclic) bond motifs is 20. The summed E-state index contributed by atoms with van der Waals surface area (Å²) in [7, 11) is 0. The molecule has 0 saturated heterocycles. The van der Waals surface area contributed by atoms with Gasteiger partial charge in [0.2, 0.25) is 0 Å². The first-order chi connectivity index (χ1) is 19.8. The van der Waals surface area contributed by atoms with Crippen LogP contribution in [0.15, 0.2) is 102 Å². The molecular weight excluding hydrogens is 490 g/mol. The highest BCUT2D eigenvalue weighted by Crippen LogP contribution is 2.29. The van der Waals surface area contributed by atoms with E-state index in [1.54, 1.807) is 0 Å². The molecule has 4 N–H and O–H groups in total. The molecule has 0 fully saturated rings. The molecule has 40 heavy (non-hydrogen) atoms. The fraction of sp³-hybridized carbons (Fsp3) is 0. The number of nitrogens with zero attached hydrogens (tertiary/aromatic N) is 1. The smallest absolute Gasteiger partial charge is 0.140 e. The number of aromatic nitrogens is 4. The van der Waals surface area contributed by atoms with Crippen LogP contribution in [-0.2, 0) is 0 Å². The first kappa shape index (κ1) is 21.4. The van der Waals surface area contributed by atoms with E-state index in [-0.39, 0.29) is 0 Å². The second-order valence-corrected chi connectivity index (χ2v) is 10.4. The largest absolute Gasteiger partial charge is 0.354 e. The van der Waals surface area contributed by atoms with E-state index in [0.717, 1.165) is 66.0 Å². The Morgan fingerprint density at radius 1 is 0.350 bits per heavy atom. The van der Waals surface area contributed by atoms with Gasteiger partial charge >= 0.3 is 0 Å². The lowest BCUT2D eigenvalue weighted by atomic mass is 10.1. The van der Waals surface area contributed by atoms with Crippen molar-refractivity contribution in [2.45, 2.75) is 0 Å². The molecule has 0 saturated carbocycles. The predicted molar refractivity (Wildman–Crippen MR) is 164 cm³/mol. The van der Waals surface area contributed by atoms with Crippen molar-refractivity contribution in [1.82, 2.24) is 19.9 Å². The van der Waals surface area contributed by atoms with Gasteiger partial charge in [-0.15, -0.1) is 0 Å². The Balaban J connectivity index is 1.51. The minimum Gasteiger partial charge on any atom is -0.354 e. The summed E-state index contributed by atoms with van der Waals surface area (Å²) in [5.41, 5.74) is 3.99. The molecule has 188 valence electrons. The highest BCUT2D eigenvalue weighted by molar-refractivity contribution is 6.00. The Hall–Kier alpha value is -5.55. The maximum absolute atomic E-state index is 5.17. The number of hydrogen-bond acceptors (Lipinski definition) is 1. The van der Waals surface area contributed by atoms with Crippen molar-refractivity contribution in [3.63, 3.8) is 0 Å². The Morgan fingerprint density at radius 3 is 1.32 bits per heavy atom. The minimum absolute atomic E-state index is 0.836. The van der Waals surface area contributed by atoms with Crippen molar-refractivity contribution in [3.8, 4) is 0 Å². The standard InChI is InChI=1S/C35H23N5/c1-3-11-22-20(9-1)28-17-29-21-10-2-4-12-23(21)31(37-29)19-33-25-14-6-8-16-27(25)35(39-33)40-34-26-15-7-5-13-24(26)32(38-34)18-30(22)36-28/h1-19,36-37H,(H2,38,39,40). The van der Waals surface area contributed by atoms with Gasteiger partial charge in [-0.25, -0.2) is 4.99 Å². The van der Waals surface area contributed by atoms with E-state index in [9.17, 15) is 0 Å². The number of nitrogens with one attached hydrogen (secondary N) is 4. The quantitative estimate of drug-likeness (QED) is 0.211. The van der Waals surface area contributed by atoms with E-state index in [2.05, 4.69) is 135 Å². The van der Waals surface area contributed by atoms with Gasteiger partial charge in [-0.3, -0.25) is 0 Å². The molecular formula is C35H23N5.